The van der Waals surface area contributed by atoms with Gasteiger partial charge in [0.15, 0.2) is 0 Å². The lowest BCUT2D eigenvalue weighted by Gasteiger charge is -2.15. The topological polar surface area (TPSA) is 54.7 Å². The molecule has 1 N–H and O–H groups in total. The van der Waals surface area contributed by atoms with E-state index in [1.54, 1.807) is 0 Å². The van der Waals surface area contributed by atoms with Crippen LogP contribution in [0.4, 0.5) is 0 Å². The first-order valence-corrected chi connectivity index (χ1v) is 7.32. The third kappa shape index (κ3) is 5.61. The number of ether oxygens (including phenoxy) is 1. The molecule has 1 aromatic carbocycles. The third-order valence-corrected chi connectivity index (χ3v) is 3.07. The van der Waals surface area contributed by atoms with Crippen LogP contribution in [0.25, 0.3) is 0 Å². The van der Waals surface area contributed by atoms with Crippen molar-refractivity contribution >= 4 is 5.91 Å². The van der Waals surface area contributed by atoms with Crippen molar-refractivity contribution < 1.29 is 13.9 Å². The van der Waals surface area contributed by atoms with Gasteiger partial charge >= 0.3 is 0 Å². The monoisotopic (exact) mass is 302 g/mol. The summed E-state index contributed by atoms with van der Waals surface area (Å²) in [5.74, 6) is 2.52. The summed E-state index contributed by atoms with van der Waals surface area (Å²) >= 11 is 0. The Morgan fingerprint density at radius 2 is 2.00 bits per heavy atom. The summed E-state index contributed by atoms with van der Waals surface area (Å²) in [6.45, 7) is 3.79. The molecule has 22 heavy (non-hydrogen) atoms. The fraction of sp³-hybridized carbons (Fsp3) is 0.353. The van der Waals surface area contributed by atoms with E-state index >= 15 is 0 Å². The summed E-state index contributed by atoms with van der Waals surface area (Å²) in [6, 6.07) is 13.4. The minimum Gasteiger partial charge on any atom is -0.492 e. The Kier molecular flexibility index (Phi) is 6.03. The van der Waals surface area contributed by atoms with Gasteiger partial charge in [-0.15, -0.1) is 0 Å². The summed E-state index contributed by atoms with van der Waals surface area (Å²) in [5, 5.41) is 2.84. The predicted octanol–water partition coefficient (Wildman–Crippen LogP) is 2.22. The number of carbonyl (C=O) groups is 1. The number of likely N-dealkylation sites (N-methyl/N-ethyl adjacent to an activating group) is 1. The first-order valence-electron chi connectivity index (χ1n) is 7.32. The molecule has 0 saturated carbocycles. The zero-order valence-electron chi connectivity index (χ0n) is 13.0. The lowest BCUT2D eigenvalue weighted by molar-refractivity contribution is -0.122. The molecule has 0 aliphatic carbocycles. The third-order valence-electron chi connectivity index (χ3n) is 3.07. The van der Waals surface area contributed by atoms with Crippen molar-refractivity contribution in [3.05, 3.63) is 54.0 Å². The lowest BCUT2D eigenvalue weighted by atomic mass is 10.3. The number of aryl methyl sites for hydroxylation is 1. The highest BCUT2D eigenvalue weighted by molar-refractivity contribution is 5.77. The average molecular weight is 302 g/mol. The van der Waals surface area contributed by atoms with Crippen LogP contribution in [-0.2, 0) is 11.3 Å². The Balaban J connectivity index is 1.61. The Labute approximate surface area is 130 Å². The Bertz CT molecular complexity index is 581. The zero-order chi connectivity index (χ0) is 15.8. The Morgan fingerprint density at radius 3 is 2.68 bits per heavy atom. The van der Waals surface area contributed by atoms with Gasteiger partial charge in [0, 0.05) is 0 Å². The molecule has 0 saturated heterocycles. The minimum atomic E-state index is -0.0255. The van der Waals surface area contributed by atoms with Gasteiger partial charge in [-0.05, 0) is 38.2 Å². The summed E-state index contributed by atoms with van der Waals surface area (Å²) in [6.07, 6.45) is 0. The number of rotatable bonds is 8. The van der Waals surface area contributed by atoms with E-state index in [2.05, 4.69) is 5.32 Å². The number of carbonyl (C=O) groups excluding carboxylic acids is 1. The van der Waals surface area contributed by atoms with Gasteiger partial charge < -0.3 is 14.5 Å². The fourth-order valence-electron chi connectivity index (χ4n) is 2.07. The van der Waals surface area contributed by atoms with Crippen molar-refractivity contribution in [1.29, 1.82) is 0 Å². The summed E-state index contributed by atoms with van der Waals surface area (Å²) < 4.78 is 11.0. The largest absolute Gasteiger partial charge is 0.492 e. The molecule has 5 heteroatoms. The molecule has 0 aliphatic rings. The van der Waals surface area contributed by atoms with E-state index in [0.29, 0.717) is 26.2 Å². The van der Waals surface area contributed by atoms with Crippen LogP contribution in [-0.4, -0.2) is 37.6 Å². The number of amides is 1. The van der Waals surface area contributed by atoms with E-state index < -0.39 is 0 Å². The molecule has 0 aliphatic heterocycles. The average Bonchev–Trinajstić information content (AvgIpc) is 2.89. The number of para-hydroxylation sites is 1. The molecule has 1 heterocycles. The first kappa shape index (κ1) is 16.1. The number of hydrogen-bond acceptors (Lipinski definition) is 4. The summed E-state index contributed by atoms with van der Waals surface area (Å²) in [4.78, 5) is 13.7. The number of nitrogens with one attached hydrogen (secondary N) is 1. The first-order chi connectivity index (χ1) is 10.6. The SMILES string of the molecule is Cc1ccc(CN(C)CC(=O)NCCOc2ccccc2)o1. The van der Waals surface area contributed by atoms with Crippen LogP contribution in [0.3, 0.4) is 0 Å². The number of hydrogen-bond donors (Lipinski definition) is 1. The molecule has 0 spiro atoms. The van der Waals surface area contributed by atoms with E-state index in [1.807, 2.05) is 61.3 Å². The van der Waals surface area contributed by atoms with Gasteiger partial charge in [0.1, 0.15) is 23.9 Å². The van der Waals surface area contributed by atoms with E-state index in [-0.39, 0.29) is 5.91 Å². The molecule has 0 bridgehead atoms. The van der Waals surface area contributed by atoms with Gasteiger partial charge in [0.25, 0.3) is 0 Å². The van der Waals surface area contributed by atoms with Crippen LogP contribution in [0, 0.1) is 6.92 Å². The van der Waals surface area contributed by atoms with Crippen molar-refractivity contribution in [1.82, 2.24) is 10.2 Å². The van der Waals surface area contributed by atoms with Crippen LogP contribution in [0.5, 0.6) is 5.75 Å². The minimum absolute atomic E-state index is 0.0255. The molecule has 0 atom stereocenters. The maximum Gasteiger partial charge on any atom is 0.234 e. The van der Waals surface area contributed by atoms with E-state index in [9.17, 15) is 4.79 Å². The molecule has 1 amide bonds. The van der Waals surface area contributed by atoms with E-state index in [1.165, 1.54) is 0 Å². The van der Waals surface area contributed by atoms with Gasteiger partial charge in [0.05, 0.1) is 19.6 Å². The van der Waals surface area contributed by atoms with Crippen LogP contribution in [0.15, 0.2) is 46.9 Å². The quantitative estimate of drug-likeness (QED) is 0.760. The van der Waals surface area contributed by atoms with Crippen LogP contribution in [0.1, 0.15) is 11.5 Å². The summed E-state index contributed by atoms with van der Waals surface area (Å²) in [5.41, 5.74) is 0. The molecule has 2 aromatic rings. The fourth-order valence-corrected chi connectivity index (χ4v) is 2.07. The van der Waals surface area contributed by atoms with Gasteiger partial charge in [-0.1, -0.05) is 18.2 Å². The second kappa shape index (κ2) is 8.24. The number of benzene rings is 1. The molecule has 1 aromatic heterocycles. The molecule has 2 rings (SSSR count). The van der Waals surface area contributed by atoms with Crippen LogP contribution >= 0.6 is 0 Å². The normalized spacial score (nSPS) is 10.7. The van der Waals surface area contributed by atoms with Crippen molar-refractivity contribution in [2.45, 2.75) is 13.5 Å². The van der Waals surface area contributed by atoms with Crippen molar-refractivity contribution in [2.75, 3.05) is 26.7 Å². The maximum absolute atomic E-state index is 11.8. The molecular weight excluding hydrogens is 280 g/mol. The number of nitrogens with zero attached hydrogens (tertiary/aromatic N) is 1. The second-order valence-electron chi connectivity index (χ2n) is 5.20. The molecule has 0 fully saturated rings. The lowest BCUT2D eigenvalue weighted by Crippen LogP contribution is -2.36. The van der Waals surface area contributed by atoms with Gasteiger partial charge in [-0.25, -0.2) is 0 Å². The van der Waals surface area contributed by atoms with Gasteiger partial charge in [0.2, 0.25) is 5.91 Å². The van der Waals surface area contributed by atoms with Gasteiger partial charge in [-0.3, -0.25) is 9.69 Å². The zero-order valence-corrected chi connectivity index (χ0v) is 13.0. The van der Waals surface area contributed by atoms with E-state index in [0.717, 1.165) is 17.3 Å². The van der Waals surface area contributed by atoms with Crippen molar-refractivity contribution in [2.24, 2.45) is 0 Å². The number of furan rings is 1. The molecular formula is C17H22N2O3. The standard InChI is InChI=1S/C17H22N2O3/c1-14-8-9-16(22-14)12-19(2)13-17(20)18-10-11-21-15-6-4-3-5-7-15/h3-9H,10-13H2,1-2H3,(H,18,20). The van der Waals surface area contributed by atoms with Gasteiger partial charge in [-0.2, -0.15) is 0 Å². The highest BCUT2D eigenvalue weighted by Gasteiger charge is 2.08. The smallest absolute Gasteiger partial charge is 0.234 e. The highest BCUT2D eigenvalue weighted by Crippen LogP contribution is 2.08. The molecule has 0 radical (unpaired) electrons. The van der Waals surface area contributed by atoms with Crippen molar-refractivity contribution in [3.8, 4) is 5.75 Å². The van der Waals surface area contributed by atoms with Crippen LogP contribution in [0.2, 0.25) is 0 Å². The Morgan fingerprint density at radius 1 is 1.23 bits per heavy atom. The maximum atomic E-state index is 11.8. The highest BCUT2D eigenvalue weighted by atomic mass is 16.5. The second-order valence-corrected chi connectivity index (χ2v) is 5.20. The Hall–Kier alpha value is -2.27. The van der Waals surface area contributed by atoms with Crippen molar-refractivity contribution in [3.63, 3.8) is 0 Å². The molecule has 5 nitrogen and oxygen atoms in total. The summed E-state index contributed by atoms with van der Waals surface area (Å²) in [7, 11) is 1.89. The molecule has 118 valence electrons. The van der Waals surface area contributed by atoms with Crippen LogP contribution < -0.4 is 10.1 Å². The predicted molar refractivity (Wildman–Crippen MR) is 84.7 cm³/mol. The molecule has 0 unspecified atom stereocenters. The van der Waals surface area contributed by atoms with E-state index in [4.69, 9.17) is 9.15 Å².